The maximum Gasteiger partial charge on any atom is 0.295 e. The van der Waals surface area contributed by atoms with E-state index in [0.717, 1.165) is 18.7 Å². The summed E-state index contributed by atoms with van der Waals surface area (Å²) in [6, 6.07) is 11.4. The van der Waals surface area contributed by atoms with Gasteiger partial charge in [-0.3, -0.25) is 9.59 Å². The van der Waals surface area contributed by atoms with E-state index in [1.54, 1.807) is 30.3 Å². The average molecular weight is 461 g/mol. The predicted molar refractivity (Wildman–Crippen MR) is 124 cm³/mol. The number of Topliss-reactive ketones (excluding diaryl/α,β-unsaturated/α-hetero) is 1. The van der Waals surface area contributed by atoms with Crippen molar-refractivity contribution < 1.29 is 14.7 Å². The molecule has 1 saturated heterocycles. The number of likely N-dealkylation sites (tertiary alicyclic amines) is 1. The Morgan fingerprint density at radius 1 is 1.03 bits per heavy atom. The van der Waals surface area contributed by atoms with Crippen LogP contribution in [-0.4, -0.2) is 52.8 Å². The van der Waals surface area contributed by atoms with Crippen molar-refractivity contribution in [2.45, 2.75) is 26.8 Å². The van der Waals surface area contributed by atoms with Gasteiger partial charge < -0.3 is 14.9 Å². The number of carbonyl (C=O) groups is 2. The molecule has 3 rings (SSSR count). The fraction of sp³-hybridized carbons (Fsp3) is 0.333. The Morgan fingerprint density at radius 2 is 1.68 bits per heavy atom. The van der Waals surface area contributed by atoms with E-state index in [4.69, 9.17) is 23.2 Å². The third kappa shape index (κ3) is 4.79. The fourth-order valence-corrected chi connectivity index (χ4v) is 4.10. The number of nitrogens with zero attached hydrogens (tertiary/aromatic N) is 2. The van der Waals surface area contributed by atoms with Crippen LogP contribution in [-0.2, 0) is 9.59 Å². The van der Waals surface area contributed by atoms with Crippen molar-refractivity contribution >= 4 is 40.7 Å². The number of aliphatic hydroxyl groups is 1. The lowest BCUT2D eigenvalue weighted by Gasteiger charge is -2.28. The van der Waals surface area contributed by atoms with Gasteiger partial charge in [0.1, 0.15) is 5.76 Å². The summed E-state index contributed by atoms with van der Waals surface area (Å²) in [7, 11) is 0. The minimum Gasteiger partial charge on any atom is -0.507 e. The molecule has 0 radical (unpaired) electrons. The minimum atomic E-state index is -0.744. The van der Waals surface area contributed by atoms with E-state index in [0.29, 0.717) is 34.3 Å². The molecule has 0 unspecified atom stereocenters. The third-order valence-electron chi connectivity index (χ3n) is 5.68. The molecule has 5 nitrogen and oxygen atoms in total. The Hall–Kier alpha value is -2.34. The number of rotatable bonds is 7. The summed E-state index contributed by atoms with van der Waals surface area (Å²) in [5.74, 6) is -1.52. The zero-order valence-corrected chi connectivity index (χ0v) is 19.4. The SMILES string of the molecule is CCN(CC)CCN1C(=O)C(=O)C(=C(O)c2ccc(C)cc2)[C@H]1c1ccc(Cl)c(Cl)c1. The molecular formula is C24H26Cl2N2O3. The van der Waals surface area contributed by atoms with Gasteiger partial charge in [-0.15, -0.1) is 0 Å². The van der Waals surface area contributed by atoms with Crippen LogP contribution in [0.3, 0.4) is 0 Å². The van der Waals surface area contributed by atoms with E-state index in [1.165, 1.54) is 4.90 Å². The largest absolute Gasteiger partial charge is 0.507 e. The molecule has 1 atom stereocenters. The van der Waals surface area contributed by atoms with Crippen molar-refractivity contribution in [1.29, 1.82) is 0 Å². The molecule has 0 spiro atoms. The van der Waals surface area contributed by atoms with Gasteiger partial charge in [-0.05, 0) is 37.7 Å². The molecule has 2 aromatic rings. The molecular weight excluding hydrogens is 435 g/mol. The zero-order chi connectivity index (χ0) is 22.7. The second kappa shape index (κ2) is 9.86. The molecule has 1 fully saturated rings. The van der Waals surface area contributed by atoms with Crippen molar-refractivity contribution in [2.75, 3.05) is 26.2 Å². The van der Waals surface area contributed by atoms with Crippen LogP contribution >= 0.6 is 23.2 Å². The van der Waals surface area contributed by atoms with Crippen molar-refractivity contribution in [2.24, 2.45) is 0 Å². The topological polar surface area (TPSA) is 60.9 Å². The highest BCUT2D eigenvalue weighted by Gasteiger charge is 2.46. The van der Waals surface area contributed by atoms with Crippen LogP contribution in [0.2, 0.25) is 10.0 Å². The number of aliphatic hydroxyl groups excluding tert-OH is 1. The molecule has 7 heteroatoms. The van der Waals surface area contributed by atoms with Crippen LogP contribution in [0, 0.1) is 6.92 Å². The smallest absolute Gasteiger partial charge is 0.295 e. The van der Waals surface area contributed by atoms with Gasteiger partial charge in [0, 0.05) is 18.7 Å². The lowest BCUT2D eigenvalue weighted by Crippen LogP contribution is -2.38. The number of halogens is 2. The lowest BCUT2D eigenvalue weighted by molar-refractivity contribution is -0.140. The Bertz CT molecular complexity index is 1010. The van der Waals surface area contributed by atoms with Crippen molar-refractivity contribution in [1.82, 2.24) is 9.80 Å². The van der Waals surface area contributed by atoms with E-state index >= 15 is 0 Å². The van der Waals surface area contributed by atoms with Gasteiger partial charge in [-0.2, -0.15) is 0 Å². The minimum absolute atomic E-state index is 0.0618. The third-order valence-corrected chi connectivity index (χ3v) is 6.41. The van der Waals surface area contributed by atoms with Crippen LogP contribution in [0.15, 0.2) is 48.0 Å². The summed E-state index contributed by atoms with van der Waals surface area (Å²) >= 11 is 12.3. The summed E-state index contributed by atoms with van der Waals surface area (Å²) in [6.07, 6.45) is 0. The van der Waals surface area contributed by atoms with Gasteiger partial charge in [-0.1, -0.05) is 72.9 Å². The number of hydrogen-bond acceptors (Lipinski definition) is 4. The molecule has 31 heavy (non-hydrogen) atoms. The maximum atomic E-state index is 13.0. The van der Waals surface area contributed by atoms with Crippen LogP contribution in [0.4, 0.5) is 0 Å². The summed E-state index contributed by atoms with van der Waals surface area (Å²) in [5.41, 5.74) is 2.20. The second-order valence-corrected chi connectivity index (χ2v) is 8.37. The molecule has 0 bridgehead atoms. The first-order valence-corrected chi connectivity index (χ1v) is 11.1. The highest BCUT2D eigenvalue weighted by Crippen LogP contribution is 2.40. The van der Waals surface area contributed by atoms with Crippen LogP contribution in [0.1, 0.15) is 36.6 Å². The molecule has 1 heterocycles. The highest BCUT2D eigenvalue weighted by molar-refractivity contribution is 6.46. The Morgan fingerprint density at radius 3 is 2.26 bits per heavy atom. The Labute approximate surface area is 192 Å². The zero-order valence-electron chi connectivity index (χ0n) is 17.9. The number of likely N-dealkylation sites (N-methyl/N-ethyl adjacent to an activating group) is 1. The number of ketones is 1. The predicted octanol–water partition coefficient (Wildman–Crippen LogP) is 5.07. The molecule has 1 amide bonds. The molecule has 2 aromatic carbocycles. The van der Waals surface area contributed by atoms with Crippen LogP contribution in [0.5, 0.6) is 0 Å². The van der Waals surface area contributed by atoms with Gasteiger partial charge in [-0.25, -0.2) is 0 Å². The van der Waals surface area contributed by atoms with Crippen molar-refractivity contribution in [3.05, 3.63) is 74.8 Å². The van der Waals surface area contributed by atoms with E-state index in [-0.39, 0.29) is 11.3 Å². The molecule has 0 aliphatic carbocycles. The van der Waals surface area contributed by atoms with Gasteiger partial charge in [0.25, 0.3) is 11.7 Å². The van der Waals surface area contributed by atoms with Gasteiger partial charge in [0.05, 0.1) is 21.7 Å². The maximum absolute atomic E-state index is 13.0. The quantitative estimate of drug-likeness (QED) is 0.356. The normalized spacial score (nSPS) is 18.3. The first kappa shape index (κ1) is 23.3. The Balaban J connectivity index is 2.12. The summed E-state index contributed by atoms with van der Waals surface area (Å²) in [4.78, 5) is 29.7. The van der Waals surface area contributed by atoms with Crippen molar-refractivity contribution in [3.63, 3.8) is 0 Å². The van der Waals surface area contributed by atoms with E-state index < -0.39 is 17.7 Å². The van der Waals surface area contributed by atoms with E-state index in [1.807, 2.05) is 32.9 Å². The fourth-order valence-electron chi connectivity index (χ4n) is 3.80. The Kier molecular flexibility index (Phi) is 7.42. The number of hydrogen-bond donors (Lipinski definition) is 1. The lowest BCUT2D eigenvalue weighted by atomic mass is 9.95. The molecule has 1 aliphatic heterocycles. The number of aryl methyl sites for hydroxylation is 1. The van der Waals surface area contributed by atoms with Gasteiger partial charge in [0.15, 0.2) is 0 Å². The summed E-state index contributed by atoms with van der Waals surface area (Å²) < 4.78 is 0. The van der Waals surface area contributed by atoms with Crippen molar-refractivity contribution in [3.8, 4) is 0 Å². The molecule has 1 aliphatic rings. The number of benzene rings is 2. The molecule has 0 aromatic heterocycles. The number of carbonyl (C=O) groups excluding carboxylic acids is 2. The second-order valence-electron chi connectivity index (χ2n) is 7.56. The molecule has 0 saturated carbocycles. The first-order chi connectivity index (χ1) is 14.8. The van der Waals surface area contributed by atoms with Crippen LogP contribution < -0.4 is 0 Å². The average Bonchev–Trinajstić information content (AvgIpc) is 3.01. The van der Waals surface area contributed by atoms with Gasteiger partial charge in [0.2, 0.25) is 0 Å². The standard InChI is InChI=1S/C24H26Cl2N2O3/c1-4-27(5-2)12-13-28-21(17-10-11-18(25)19(26)14-17)20(23(30)24(28)31)22(29)16-8-6-15(3)7-9-16/h6-11,14,21,29H,4-5,12-13H2,1-3H3/t21-/m1/s1. The van der Waals surface area contributed by atoms with Gasteiger partial charge >= 0.3 is 0 Å². The number of amides is 1. The molecule has 164 valence electrons. The first-order valence-electron chi connectivity index (χ1n) is 10.3. The van der Waals surface area contributed by atoms with Crippen LogP contribution in [0.25, 0.3) is 5.76 Å². The van der Waals surface area contributed by atoms with E-state index in [9.17, 15) is 14.7 Å². The summed E-state index contributed by atoms with van der Waals surface area (Å²) in [6.45, 7) is 8.66. The summed E-state index contributed by atoms with van der Waals surface area (Å²) in [5, 5.41) is 11.8. The monoisotopic (exact) mass is 460 g/mol. The van der Waals surface area contributed by atoms with E-state index in [2.05, 4.69) is 4.90 Å². The molecule has 1 N–H and O–H groups in total. The highest BCUT2D eigenvalue weighted by atomic mass is 35.5.